The standard InChI is InChI=1S/C17H32N8O6/c1-8(2)13(25-14(28)9(18)6-11(19)26)15(29)23-7-12(27)24-10(16(30)31)4-3-5-22-17(20)21/h8-10,13H,3-7,18H2,1-2H3,(H2,19,26)(H,23,29)(H,24,27)(H,25,28)(H,30,31)(H4,20,21,22). The number of carboxylic acid groups (broad SMARTS) is 1. The Morgan fingerprint density at radius 1 is 1.00 bits per heavy atom. The van der Waals surface area contributed by atoms with Crippen molar-refractivity contribution < 1.29 is 29.1 Å². The van der Waals surface area contributed by atoms with Gasteiger partial charge in [-0.2, -0.15) is 0 Å². The van der Waals surface area contributed by atoms with E-state index in [2.05, 4.69) is 20.9 Å². The van der Waals surface area contributed by atoms with E-state index in [9.17, 15) is 29.1 Å². The van der Waals surface area contributed by atoms with Gasteiger partial charge in [0.1, 0.15) is 12.1 Å². The predicted molar refractivity (Wildman–Crippen MR) is 111 cm³/mol. The number of carboxylic acids is 1. The van der Waals surface area contributed by atoms with E-state index in [-0.39, 0.29) is 31.3 Å². The molecule has 3 unspecified atom stereocenters. The third-order valence-electron chi connectivity index (χ3n) is 4.01. The number of aliphatic imine (C=N–C) groups is 1. The summed E-state index contributed by atoms with van der Waals surface area (Å²) in [5, 5.41) is 16.2. The Balaban J connectivity index is 4.73. The van der Waals surface area contributed by atoms with Gasteiger partial charge in [-0.05, 0) is 18.8 Å². The molecule has 0 bridgehead atoms. The van der Waals surface area contributed by atoms with Crippen LogP contribution in [0.1, 0.15) is 33.1 Å². The van der Waals surface area contributed by atoms with Crippen molar-refractivity contribution in [3.63, 3.8) is 0 Å². The number of hydrogen-bond acceptors (Lipinski definition) is 7. The highest BCUT2D eigenvalue weighted by Gasteiger charge is 2.27. The van der Waals surface area contributed by atoms with Gasteiger partial charge in [-0.3, -0.25) is 24.2 Å². The van der Waals surface area contributed by atoms with Crippen molar-refractivity contribution in [2.45, 2.75) is 51.2 Å². The van der Waals surface area contributed by atoms with Gasteiger partial charge in [-0.25, -0.2) is 4.79 Å². The minimum atomic E-state index is -1.25. The van der Waals surface area contributed by atoms with Crippen molar-refractivity contribution in [2.24, 2.45) is 33.8 Å². The van der Waals surface area contributed by atoms with Crippen LogP contribution in [0.4, 0.5) is 0 Å². The third-order valence-corrected chi connectivity index (χ3v) is 4.01. The highest BCUT2D eigenvalue weighted by atomic mass is 16.4. The van der Waals surface area contributed by atoms with Crippen molar-refractivity contribution >= 4 is 35.6 Å². The first-order valence-corrected chi connectivity index (χ1v) is 9.54. The lowest BCUT2D eigenvalue weighted by Gasteiger charge is -2.23. The minimum Gasteiger partial charge on any atom is -0.480 e. The molecule has 3 atom stereocenters. The molecular weight excluding hydrogens is 412 g/mol. The van der Waals surface area contributed by atoms with Crippen molar-refractivity contribution in [3.8, 4) is 0 Å². The van der Waals surface area contributed by atoms with Gasteiger partial charge in [0, 0.05) is 6.54 Å². The van der Waals surface area contributed by atoms with Crippen LogP contribution in [0.25, 0.3) is 0 Å². The number of nitrogens with one attached hydrogen (secondary N) is 3. The maximum Gasteiger partial charge on any atom is 0.326 e. The molecule has 0 aromatic carbocycles. The summed E-state index contributed by atoms with van der Waals surface area (Å²) in [6.07, 6.45) is 0.00316. The molecule has 31 heavy (non-hydrogen) atoms. The van der Waals surface area contributed by atoms with Crippen molar-refractivity contribution in [3.05, 3.63) is 0 Å². The molecule has 4 amide bonds. The first-order valence-electron chi connectivity index (χ1n) is 9.54. The number of amides is 4. The fourth-order valence-corrected chi connectivity index (χ4v) is 2.39. The third kappa shape index (κ3) is 12.0. The largest absolute Gasteiger partial charge is 0.480 e. The van der Waals surface area contributed by atoms with E-state index in [1.54, 1.807) is 13.8 Å². The Hall–Kier alpha value is -3.42. The highest BCUT2D eigenvalue weighted by Crippen LogP contribution is 2.03. The molecule has 0 aliphatic heterocycles. The average molecular weight is 444 g/mol. The Morgan fingerprint density at radius 3 is 2.10 bits per heavy atom. The molecule has 0 rings (SSSR count). The number of guanidine groups is 1. The van der Waals surface area contributed by atoms with E-state index in [0.29, 0.717) is 6.42 Å². The van der Waals surface area contributed by atoms with E-state index in [0.717, 1.165) is 0 Å². The minimum absolute atomic E-state index is 0.0776. The number of carbonyl (C=O) groups excluding carboxylic acids is 4. The van der Waals surface area contributed by atoms with Gasteiger partial charge in [0.05, 0.1) is 19.0 Å². The lowest BCUT2D eigenvalue weighted by molar-refractivity contribution is -0.142. The molecule has 0 heterocycles. The Bertz CT molecular complexity index is 692. The van der Waals surface area contributed by atoms with Crippen LogP contribution in [0, 0.1) is 5.92 Å². The molecule has 14 heteroatoms. The molecule has 0 aliphatic carbocycles. The molecular formula is C17H32N8O6. The maximum atomic E-state index is 12.4. The number of primary amides is 1. The maximum absolute atomic E-state index is 12.4. The van der Waals surface area contributed by atoms with Crippen LogP contribution in [-0.2, 0) is 24.0 Å². The number of rotatable bonds is 14. The van der Waals surface area contributed by atoms with Crippen molar-refractivity contribution in [2.75, 3.05) is 13.1 Å². The van der Waals surface area contributed by atoms with Gasteiger partial charge in [-0.1, -0.05) is 13.8 Å². The Kier molecular flexibility index (Phi) is 12.2. The van der Waals surface area contributed by atoms with Gasteiger partial charge in [0.25, 0.3) is 0 Å². The van der Waals surface area contributed by atoms with Gasteiger partial charge < -0.3 is 44.0 Å². The summed E-state index contributed by atoms with van der Waals surface area (Å²) in [7, 11) is 0. The van der Waals surface area contributed by atoms with Crippen LogP contribution in [0.3, 0.4) is 0 Å². The molecule has 0 aromatic heterocycles. The van der Waals surface area contributed by atoms with Crippen LogP contribution in [0.15, 0.2) is 4.99 Å². The smallest absolute Gasteiger partial charge is 0.326 e. The summed E-state index contributed by atoms with van der Waals surface area (Å²) in [6.45, 7) is 3.00. The zero-order valence-electron chi connectivity index (χ0n) is 17.6. The molecule has 12 N–H and O–H groups in total. The summed E-state index contributed by atoms with van der Waals surface area (Å²) in [4.78, 5) is 62.3. The number of carbonyl (C=O) groups is 5. The van der Waals surface area contributed by atoms with Gasteiger partial charge >= 0.3 is 5.97 Å². The summed E-state index contributed by atoms with van der Waals surface area (Å²) in [5.74, 6) is -4.66. The molecule has 0 fully saturated rings. The highest BCUT2D eigenvalue weighted by molar-refractivity contribution is 5.94. The molecule has 0 saturated heterocycles. The quantitative estimate of drug-likeness (QED) is 0.0737. The fraction of sp³-hybridized carbons (Fsp3) is 0.647. The second-order valence-corrected chi connectivity index (χ2v) is 7.13. The lowest BCUT2D eigenvalue weighted by atomic mass is 10.0. The zero-order valence-corrected chi connectivity index (χ0v) is 17.6. The van der Waals surface area contributed by atoms with Crippen LogP contribution >= 0.6 is 0 Å². The van der Waals surface area contributed by atoms with Gasteiger partial charge in [-0.15, -0.1) is 0 Å². The van der Waals surface area contributed by atoms with E-state index < -0.39 is 54.3 Å². The number of hydrogen-bond donors (Lipinski definition) is 8. The summed E-state index contributed by atoms with van der Waals surface area (Å²) in [5.41, 5.74) is 20.9. The van der Waals surface area contributed by atoms with Crippen LogP contribution in [0.2, 0.25) is 0 Å². The normalized spacial score (nSPS) is 13.4. The molecule has 176 valence electrons. The molecule has 0 aromatic rings. The van der Waals surface area contributed by atoms with Crippen LogP contribution in [-0.4, -0.2) is 71.9 Å². The number of nitrogens with two attached hydrogens (primary N) is 4. The summed E-state index contributed by atoms with van der Waals surface area (Å²) < 4.78 is 0. The second kappa shape index (κ2) is 13.7. The van der Waals surface area contributed by atoms with Crippen LogP contribution in [0.5, 0.6) is 0 Å². The number of nitrogens with zero attached hydrogens (tertiary/aromatic N) is 1. The molecule has 0 aliphatic rings. The van der Waals surface area contributed by atoms with E-state index in [1.165, 1.54) is 0 Å². The average Bonchev–Trinajstić information content (AvgIpc) is 2.64. The molecule has 14 nitrogen and oxygen atoms in total. The predicted octanol–water partition coefficient (Wildman–Crippen LogP) is -3.93. The first kappa shape index (κ1) is 27.6. The lowest BCUT2D eigenvalue weighted by Crippen LogP contribution is -2.55. The molecule has 0 saturated carbocycles. The van der Waals surface area contributed by atoms with Crippen molar-refractivity contribution in [1.82, 2.24) is 16.0 Å². The SMILES string of the molecule is CC(C)C(NC(=O)C(N)CC(N)=O)C(=O)NCC(=O)NC(CCCN=C(N)N)C(=O)O. The van der Waals surface area contributed by atoms with Gasteiger partial charge in [0.2, 0.25) is 23.6 Å². The Morgan fingerprint density at radius 2 is 1.61 bits per heavy atom. The number of aliphatic carboxylic acids is 1. The second-order valence-electron chi connectivity index (χ2n) is 7.13. The topological polar surface area (TPSA) is 258 Å². The molecule has 0 spiro atoms. The van der Waals surface area contributed by atoms with E-state index >= 15 is 0 Å². The summed E-state index contributed by atoms with van der Waals surface area (Å²) in [6, 6.07) is -3.44. The Labute approximate surface area is 179 Å². The zero-order chi connectivity index (χ0) is 24.1. The van der Waals surface area contributed by atoms with Gasteiger partial charge in [0.15, 0.2) is 5.96 Å². The monoisotopic (exact) mass is 444 g/mol. The van der Waals surface area contributed by atoms with E-state index in [1.807, 2.05) is 0 Å². The van der Waals surface area contributed by atoms with E-state index in [4.69, 9.17) is 22.9 Å². The van der Waals surface area contributed by atoms with Crippen molar-refractivity contribution in [1.29, 1.82) is 0 Å². The van der Waals surface area contributed by atoms with Crippen LogP contribution < -0.4 is 38.9 Å². The first-order chi connectivity index (χ1) is 14.3. The summed E-state index contributed by atoms with van der Waals surface area (Å²) >= 11 is 0. The molecule has 0 radical (unpaired) electrons. The fourth-order valence-electron chi connectivity index (χ4n) is 2.39.